The van der Waals surface area contributed by atoms with E-state index in [1.807, 2.05) is 0 Å². The average Bonchev–Trinajstić information content (AvgIpc) is 2.62. The van der Waals surface area contributed by atoms with Crippen LogP contribution in [-0.4, -0.2) is 67.6 Å². The molecule has 0 aliphatic heterocycles. The molecule has 0 unspecified atom stereocenters. The predicted molar refractivity (Wildman–Crippen MR) is 128 cm³/mol. The van der Waals surface area contributed by atoms with Crippen LogP contribution in [0.15, 0.2) is 0 Å². The van der Waals surface area contributed by atoms with E-state index in [9.17, 15) is 0 Å². The first-order valence-electron chi connectivity index (χ1n) is 9.51. The van der Waals surface area contributed by atoms with Crippen molar-refractivity contribution in [1.82, 2.24) is 9.80 Å². The fourth-order valence-electron chi connectivity index (χ4n) is 2.50. The highest BCUT2D eigenvalue weighted by molar-refractivity contribution is 8.90. The van der Waals surface area contributed by atoms with Gasteiger partial charge in [-0.05, 0) is 44.6 Å². The monoisotopic (exact) mass is 412 g/mol. The van der Waals surface area contributed by atoms with Crippen molar-refractivity contribution in [1.29, 1.82) is 0 Å². The van der Waals surface area contributed by atoms with Gasteiger partial charge < -0.3 is 0 Å². The topological polar surface area (TPSA) is 6.48 Å². The molecule has 0 N–H and O–H groups in total. The summed E-state index contributed by atoms with van der Waals surface area (Å²) in [6, 6.07) is 0. The Morgan fingerprint density at radius 1 is 0.542 bits per heavy atom. The molecule has 0 aliphatic carbocycles. The molecular formula is C18H40N2S4. The molecule has 0 aromatic rings. The van der Waals surface area contributed by atoms with Gasteiger partial charge >= 0.3 is 0 Å². The molecule has 0 radical (unpaired) electrons. The van der Waals surface area contributed by atoms with Gasteiger partial charge in [-0.15, -0.1) is 0 Å². The molecule has 0 aromatic heterocycles. The number of hydrogen-bond donors (Lipinski definition) is 0. The van der Waals surface area contributed by atoms with Crippen LogP contribution < -0.4 is 0 Å². The molecule has 6 heteroatoms. The second-order valence-corrected chi connectivity index (χ2v) is 12.9. The van der Waals surface area contributed by atoms with E-state index in [-0.39, 0.29) is 0 Å². The lowest BCUT2D eigenvalue weighted by Crippen LogP contribution is -2.31. The first kappa shape index (κ1) is 25.1. The molecule has 24 heavy (non-hydrogen) atoms. The third-order valence-electron chi connectivity index (χ3n) is 4.12. The smallest absolute Gasteiger partial charge is 0.0870 e. The van der Waals surface area contributed by atoms with Crippen LogP contribution in [0, 0.1) is 0 Å². The van der Waals surface area contributed by atoms with Crippen LogP contribution in [0.25, 0.3) is 0 Å². The van der Waals surface area contributed by atoms with Crippen LogP contribution in [-0.2, 0) is 0 Å². The summed E-state index contributed by atoms with van der Waals surface area (Å²) in [5, 5.41) is 0. The van der Waals surface area contributed by atoms with Gasteiger partial charge in [0.05, 0.1) is 8.64 Å². The van der Waals surface area contributed by atoms with Gasteiger partial charge in [-0.2, -0.15) is 21.0 Å². The molecule has 0 aliphatic rings. The molecular weight excluding hydrogens is 372 g/mol. The van der Waals surface area contributed by atoms with Gasteiger partial charge in [0.1, 0.15) is 0 Å². The summed E-state index contributed by atoms with van der Waals surface area (Å²) < 4.78 is 3.24. The highest BCUT2D eigenvalue weighted by Crippen LogP contribution is 2.37. The fourth-order valence-corrected chi connectivity index (χ4v) is 12.0. The Morgan fingerprint density at radius 2 is 0.792 bits per heavy atom. The molecule has 0 saturated carbocycles. The first-order chi connectivity index (χ1) is 11.6. The van der Waals surface area contributed by atoms with Crippen molar-refractivity contribution >= 4 is 51.2 Å². The van der Waals surface area contributed by atoms with Gasteiger partial charge in [0, 0.05) is 26.2 Å². The van der Waals surface area contributed by atoms with Gasteiger partial charge in [0.2, 0.25) is 0 Å². The predicted octanol–water partition coefficient (Wildman–Crippen LogP) is 5.84. The molecule has 0 aromatic carbocycles. The van der Waals surface area contributed by atoms with Crippen molar-refractivity contribution in [3.05, 3.63) is 0 Å². The average molecular weight is 413 g/mol. The van der Waals surface area contributed by atoms with Crippen LogP contribution in [0.5, 0.6) is 0 Å². The lowest BCUT2D eigenvalue weighted by atomic mass is 10.6. The van der Waals surface area contributed by atoms with E-state index in [0.717, 1.165) is 26.2 Å². The molecule has 0 atom stereocenters. The zero-order valence-electron chi connectivity index (χ0n) is 17.2. The number of nitrogens with zero attached hydrogens (tertiary/aromatic N) is 2. The van der Waals surface area contributed by atoms with E-state index in [0.29, 0.717) is 21.0 Å². The van der Waals surface area contributed by atoms with E-state index < -0.39 is 0 Å². The van der Waals surface area contributed by atoms with Gasteiger partial charge in [-0.1, -0.05) is 55.4 Å². The Labute approximate surface area is 165 Å². The molecule has 0 bridgehead atoms. The van der Waals surface area contributed by atoms with Crippen molar-refractivity contribution in [2.45, 2.75) is 55.4 Å². The molecule has 0 rings (SSSR count). The maximum absolute atomic E-state index is 2.59. The summed E-state index contributed by atoms with van der Waals surface area (Å²) in [5.41, 5.74) is 0. The second-order valence-electron chi connectivity index (χ2n) is 5.18. The largest absolute Gasteiger partial charge is 0.265 e. The summed E-state index contributed by atoms with van der Waals surface area (Å²) in [6.07, 6.45) is 0. The van der Waals surface area contributed by atoms with E-state index in [4.69, 9.17) is 0 Å². The molecule has 2 nitrogen and oxygen atoms in total. The first-order valence-corrected chi connectivity index (χ1v) is 14.8. The van der Waals surface area contributed by atoms with E-state index >= 15 is 0 Å². The summed E-state index contributed by atoms with van der Waals surface area (Å²) in [7, 11) is 4.92. The van der Waals surface area contributed by atoms with E-state index in [1.165, 1.54) is 23.0 Å². The molecule has 146 valence electrons. The van der Waals surface area contributed by atoms with Crippen LogP contribution >= 0.6 is 42.6 Å². The van der Waals surface area contributed by atoms with Crippen LogP contribution in [0.3, 0.4) is 0 Å². The molecule has 0 saturated heterocycles. The SMILES string of the molecule is CCN(CC)C(SSC(N(CC)CC)=S(CC)CC)=S(CC)CC. The Bertz CT molecular complexity index is 350. The quantitative estimate of drug-likeness (QED) is 0.364. The third-order valence-corrected chi connectivity index (χ3v) is 13.0. The number of hydrogen-bond acceptors (Lipinski definition) is 2. The lowest BCUT2D eigenvalue weighted by Gasteiger charge is -2.28. The zero-order chi connectivity index (χ0) is 18.5. The van der Waals surface area contributed by atoms with Gasteiger partial charge in [-0.3, -0.25) is 9.80 Å². The highest BCUT2D eigenvalue weighted by atomic mass is 33.1. The number of rotatable bonds is 8. The highest BCUT2D eigenvalue weighted by Gasteiger charge is 2.17. The van der Waals surface area contributed by atoms with Gasteiger partial charge in [0.15, 0.2) is 0 Å². The molecule has 0 amide bonds. The zero-order valence-corrected chi connectivity index (χ0v) is 20.5. The Hall–Kier alpha value is 1.06. The van der Waals surface area contributed by atoms with Crippen molar-refractivity contribution in [3.8, 4) is 0 Å². The Morgan fingerprint density at radius 3 is 0.958 bits per heavy atom. The molecule has 0 heterocycles. The minimum atomic E-state index is 0.399. The van der Waals surface area contributed by atoms with Crippen molar-refractivity contribution in [2.75, 3.05) is 49.2 Å². The van der Waals surface area contributed by atoms with E-state index in [1.54, 1.807) is 8.64 Å². The minimum absolute atomic E-state index is 0.399. The van der Waals surface area contributed by atoms with Crippen LogP contribution in [0.2, 0.25) is 0 Å². The van der Waals surface area contributed by atoms with Crippen LogP contribution in [0.1, 0.15) is 55.4 Å². The van der Waals surface area contributed by atoms with Crippen molar-refractivity contribution < 1.29 is 0 Å². The van der Waals surface area contributed by atoms with E-state index in [2.05, 4.69) is 86.8 Å². The van der Waals surface area contributed by atoms with Crippen molar-refractivity contribution in [3.63, 3.8) is 0 Å². The molecule has 0 fully saturated rings. The van der Waals surface area contributed by atoms with Gasteiger partial charge in [0.25, 0.3) is 0 Å². The summed E-state index contributed by atoms with van der Waals surface area (Å²) in [5.74, 6) is 5.07. The minimum Gasteiger partial charge on any atom is -0.265 e. The second kappa shape index (κ2) is 15.2. The maximum Gasteiger partial charge on any atom is 0.0870 e. The normalized spacial score (nSPS) is 12.0. The third kappa shape index (κ3) is 7.75. The van der Waals surface area contributed by atoms with Gasteiger partial charge in [-0.25, -0.2) is 0 Å². The lowest BCUT2D eigenvalue weighted by molar-refractivity contribution is 0.481. The summed E-state index contributed by atoms with van der Waals surface area (Å²) in [6.45, 7) is 23.0. The van der Waals surface area contributed by atoms with Crippen LogP contribution in [0.4, 0.5) is 0 Å². The standard InChI is InChI=1S/C18H40N2S4/c1-9-19(10-2)17(23(13-5)14-6)21-22-18(20(11-3)12-4)24(15-7)16-8/h9-16H2,1-8H3. The van der Waals surface area contributed by atoms with Crippen molar-refractivity contribution in [2.24, 2.45) is 0 Å². The maximum atomic E-state index is 2.59. The summed E-state index contributed by atoms with van der Waals surface area (Å²) in [4.78, 5) is 5.17. The Kier molecular flexibility index (Phi) is 15.8. The molecule has 0 spiro atoms. The Balaban J connectivity index is 5.61. The summed E-state index contributed by atoms with van der Waals surface area (Å²) >= 11 is 0. The fraction of sp³-hybridized carbons (Fsp3) is 0.889.